The summed E-state index contributed by atoms with van der Waals surface area (Å²) in [7, 11) is 2.04. The highest BCUT2D eigenvalue weighted by Gasteiger charge is 2.47. The molecule has 11 nitrogen and oxygen atoms in total. The SMILES string of the molecule is CN(CC1(NC(=O)C2CC2)CC1)c1ccc2c(n1)sc1nc(-c3ccc(NC(=O)Nc4cc(C(C)(C)C)on4)cc3)cn12. The van der Waals surface area contributed by atoms with Crippen LogP contribution in [-0.2, 0) is 10.2 Å². The fourth-order valence-electron chi connectivity index (χ4n) is 5.14. The molecule has 0 saturated heterocycles. The van der Waals surface area contributed by atoms with Crippen molar-refractivity contribution in [1.82, 2.24) is 24.8 Å². The molecule has 43 heavy (non-hydrogen) atoms. The standard InChI is InChI=1S/C31H34N8O3S/c1-30(2,3)23-15-24(37-42-23)34-28(41)32-20-9-7-18(8-10-20)21-16-39-22-11-12-25(35-27(22)43-29(39)33-21)38(4)17-31(13-14-31)36-26(40)19-5-6-19/h7-12,15-16,19H,5-6,13-14,17H2,1-4H3,(H,36,40)(H2,32,34,37,41). The van der Waals surface area contributed by atoms with E-state index < -0.39 is 6.03 Å². The summed E-state index contributed by atoms with van der Waals surface area (Å²) in [5, 5.41) is 12.7. The molecule has 7 rings (SSSR count). The van der Waals surface area contributed by atoms with Crippen LogP contribution in [0.3, 0.4) is 0 Å². The maximum Gasteiger partial charge on any atom is 0.324 e. The zero-order valence-corrected chi connectivity index (χ0v) is 25.4. The van der Waals surface area contributed by atoms with Crippen molar-refractivity contribution < 1.29 is 14.1 Å². The fourth-order valence-corrected chi connectivity index (χ4v) is 6.11. The number of carbonyl (C=O) groups excluding carboxylic acids is 2. The lowest BCUT2D eigenvalue weighted by Crippen LogP contribution is -2.45. The zero-order chi connectivity index (χ0) is 29.9. The number of hydrogen-bond acceptors (Lipinski definition) is 8. The number of nitrogens with zero attached hydrogens (tertiary/aromatic N) is 5. The molecule has 0 aliphatic heterocycles. The molecule has 2 saturated carbocycles. The summed E-state index contributed by atoms with van der Waals surface area (Å²) in [6.45, 7) is 6.80. The first-order valence-electron chi connectivity index (χ1n) is 14.5. The van der Waals surface area contributed by atoms with Crippen LogP contribution in [-0.4, -0.2) is 50.6 Å². The zero-order valence-electron chi connectivity index (χ0n) is 24.6. The third-order valence-corrected chi connectivity index (χ3v) is 8.96. The minimum absolute atomic E-state index is 0.119. The van der Waals surface area contributed by atoms with Crippen molar-refractivity contribution in [2.45, 2.75) is 57.4 Å². The second-order valence-electron chi connectivity index (χ2n) is 12.8. The van der Waals surface area contributed by atoms with Crippen LogP contribution < -0.4 is 20.9 Å². The number of hydrogen-bond donors (Lipinski definition) is 3. The van der Waals surface area contributed by atoms with Gasteiger partial charge in [0.25, 0.3) is 0 Å². The number of urea groups is 1. The number of likely N-dealkylation sites (N-methyl/N-ethyl adjacent to an activating group) is 1. The van der Waals surface area contributed by atoms with E-state index >= 15 is 0 Å². The number of pyridine rings is 1. The first-order valence-corrected chi connectivity index (χ1v) is 15.3. The Bertz CT molecular complexity index is 1840. The number of imidazole rings is 1. The fraction of sp³-hybridized carbons (Fsp3) is 0.387. The normalized spacial score (nSPS) is 15.9. The van der Waals surface area contributed by atoms with Gasteiger partial charge >= 0.3 is 6.03 Å². The first kappa shape index (κ1) is 27.4. The van der Waals surface area contributed by atoms with Crippen LogP contribution in [0.15, 0.2) is 53.2 Å². The van der Waals surface area contributed by atoms with Gasteiger partial charge in [0.1, 0.15) is 16.4 Å². The largest absolute Gasteiger partial charge is 0.359 e. The molecular formula is C31H34N8O3S. The second-order valence-corrected chi connectivity index (χ2v) is 13.7. The number of fused-ring (bicyclic) bond motifs is 3. The van der Waals surface area contributed by atoms with Crippen LogP contribution in [0, 0.1) is 5.92 Å². The van der Waals surface area contributed by atoms with E-state index in [4.69, 9.17) is 14.5 Å². The molecule has 1 aromatic carbocycles. The van der Waals surface area contributed by atoms with E-state index in [-0.39, 0.29) is 22.8 Å². The van der Waals surface area contributed by atoms with Gasteiger partial charge in [-0.2, -0.15) is 0 Å². The average Bonchev–Trinajstić information content (AvgIpc) is 3.81. The van der Waals surface area contributed by atoms with Crippen molar-refractivity contribution in [3.8, 4) is 11.3 Å². The molecule has 4 heterocycles. The van der Waals surface area contributed by atoms with Crippen LogP contribution in [0.1, 0.15) is 52.2 Å². The van der Waals surface area contributed by atoms with Crippen LogP contribution in [0.2, 0.25) is 0 Å². The molecule has 12 heteroatoms. The van der Waals surface area contributed by atoms with Crippen molar-refractivity contribution in [2.75, 3.05) is 29.1 Å². The maximum absolute atomic E-state index is 12.5. The molecule has 0 bridgehead atoms. The number of aromatic nitrogens is 4. The molecule has 0 spiro atoms. The molecular weight excluding hydrogens is 564 g/mol. The van der Waals surface area contributed by atoms with Crippen molar-refractivity contribution in [3.63, 3.8) is 0 Å². The van der Waals surface area contributed by atoms with E-state index in [1.807, 2.05) is 64.3 Å². The quantitative estimate of drug-likeness (QED) is 0.199. The molecule has 5 aromatic rings. The molecule has 222 valence electrons. The van der Waals surface area contributed by atoms with Crippen LogP contribution in [0.4, 0.5) is 22.1 Å². The molecule has 2 fully saturated rings. The molecule has 2 aliphatic carbocycles. The smallest absolute Gasteiger partial charge is 0.324 e. The Morgan fingerprint density at radius 1 is 1.09 bits per heavy atom. The van der Waals surface area contributed by atoms with E-state index in [0.717, 1.165) is 64.6 Å². The lowest BCUT2D eigenvalue weighted by atomic mass is 9.93. The van der Waals surface area contributed by atoms with Gasteiger partial charge in [0.05, 0.1) is 16.7 Å². The molecule has 0 radical (unpaired) electrons. The van der Waals surface area contributed by atoms with Crippen molar-refractivity contribution in [1.29, 1.82) is 0 Å². The third kappa shape index (κ3) is 5.66. The number of nitrogens with one attached hydrogen (secondary N) is 3. The van der Waals surface area contributed by atoms with Gasteiger partial charge < -0.3 is 20.1 Å². The highest BCUT2D eigenvalue weighted by atomic mass is 32.1. The molecule has 3 N–H and O–H groups in total. The molecule has 3 amide bonds. The Balaban J connectivity index is 1.01. The minimum atomic E-state index is -0.400. The summed E-state index contributed by atoms with van der Waals surface area (Å²) in [4.78, 5) is 38.5. The Hall–Kier alpha value is -4.45. The highest BCUT2D eigenvalue weighted by Crippen LogP contribution is 2.39. The number of amides is 3. The van der Waals surface area contributed by atoms with Gasteiger partial charge in [-0.3, -0.25) is 14.5 Å². The van der Waals surface area contributed by atoms with Gasteiger partial charge in [-0.25, -0.2) is 14.8 Å². The summed E-state index contributed by atoms with van der Waals surface area (Å²) in [6, 6.07) is 13.0. The third-order valence-electron chi connectivity index (χ3n) is 8.00. The van der Waals surface area contributed by atoms with Crippen LogP contribution >= 0.6 is 11.3 Å². The number of anilines is 3. The molecule has 0 unspecified atom stereocenters. The van der Waals surface area contributed by atoms with E-state index in [0.29, 0.717) is 17.3 Å². The minimum Gasteiger partial charge on any atom is -0.359 e. The van der Waals surface area contributed by atoms with Crippen LogP contribution in [0.25, 0.3) is 26.6 Å². The lowest BCUT2D eigenvalue weighted by Gasteiger charge is -2.25. The summed E-state index contributed by atoms with van der Waals surface area (Å²) in [5.41, 5.74) is 3.10. The number of rotatable bonds is 8. The Morgan fingerprint density at radius 2 is 1.86 bits per heavy atom. The van der Waals surface area contributed by atoms with Gasteiger partial charge in [-0.1, -0.05) is 49.4 Å². The Labute approximate surface area is 252 Å². The first-order chi connectivity index (χ1) is 20.5. The monoisotopic (exact) mass is 598 g/mol. The van der Waals surface area contributed by atoms with Gasteiger partial charge in [-0.05, 0) is 49.9 Å². The van der Waals surface area contributed by atoms with E-state index in [9.17, 15) is 9.59 Å². The van der Waals surface area contributed by atoms with Crippen LogP contribution in [0.5, 0.6) is 0 Å². The van der Waals surface area contributed by atoms with Crippen molar-refractivity contribution in [2.24, 2.45) is 5.92 Å². The topological polar surface area (TPSA) is 130 Å². The van der Waals surface area contributed by atoms with Gasteiger partial charge in [0, 0.05) is 48.4 Å². The maximum atomic E-state index is 12.5. The summed E-state index contributed by atoms with van der Waals surface area (Å²) in [6.07, 6.45) is 6.07. The average molecular weight is 599 g/mol. The second kappa shape index (κ2) is 10.1. The van der Waals surface area contributed by atoms with E-state index in [1.54, 1.807) is 17.4 Å². The predicted molar refractivity (Wildman–Crippen MR) is 168 cm³/mol. The van der Waals surface area contributed by atoms with E-state index in [1.165, 1.54) is 0 Å². The summed E-state index contributed by atoms with van der Waals surface area (Å²) in [5.74, 6) is 2.37. The van der Waals surface area contributed by atoms with Crippen molar-refractivity contribution in [3.05, 3.63) is 54.4 Å². The number of thiazole rings is 1. The Morgan fingerprint density at radius 3 is 2.53 bits per heavy atom. The number of benzene rings is 1. The van der Waals surface area contributed by atoms with E-state index in [2.05, 4.69) is 36.5 Å². The predicted octanol–water partition coefficient (Wildman–Crippen LogP) is 6.04. The van der Waals surface area contributed by atoms with Gasteiger partial charge in [-0.15, -0.1) is 0 Å². The molecule has 4 aromatic heterocycles. The summed E-state index contributed by atoms with van der Waals surface area (Å²) >= 11 is 1.55. The van der Waals surface area contributed by atoms with Crippen molar-refractivity contribution >= 4 is 55.9 Å². The number of carbonyl (C=O) groups is 2. The molecule has 2 aliphatic rings. The Kier molecular flexibility index (Phi) is 6.42. The lowest BCUT2D eigenvalue weighted by molar-refractivity contribution is -0.123. The summed E-state index contributed by atoms with van der Waals surface area (Å²) < 4.78 is 7.39. The highest BCUT2D eigenvalue weighted by molar-refractivity contribution is 7.23. The van der Waals surface area contributed by atoms with Gasteiger partial charge in [0.15, 0.2) is 10.8 Å². The van der Waals surface area contributed by atoms with Gasteiger partial charge in [0.2, 0.25) is 5.91 Å². The molecule has 0 atom stereocenters.